The van der Waals surface area contributed by atoms with Gasteiger partial charge in [-0.3, -0.25) is 4.99 Å². The average Bonchev–Trinajstić information content (AvgIpc) is 3.13. The number of guanidine groups is 1. The second-order valence-corrected chi connectivity index (χ2v) is 7.77. The molecule has 1 aliphatic rings. The summed E-state index contributed by atoms with van der Waals surface area (Å²) in [4.78, 5) is 10.2. The van der Waals surface area contributed by atoms with Crippen molar-refractivity contribution in [3.8, 4) is 0 Å². The SMILES string of the molecule is CN=C(NCc1nc(C)c(C)s1)NCC1(CCOC)CCCC1. The zero-order chi connectivity index (χ0) is 16.7. The molecule has 1 aromatic rings. The first-order valence-electron chi connectivity index (χ1n) is 8.45. The third-order valence-corrected chi connectivity index (χ3v) is 5.91. The molecule has 0 aliphatic heterocycles. The molecule has 130 valence electrons. The van der Waals surface area contributed by atoms with Crippen LogP contribution in [0.3, 0.4) is 0 Å². The maximum absolute atomic E-state index is 5.30. The summed E-state index contributed by atoms with van der Waals surface area (Å²) >= 11 is 1.75. The van der Waals surface area contributed by atoms with Gasteiger partial charge in [0, 0.05) is 32.2 Å². The second kappa shape index (κ2) is 8.64. The lowest BCUT2D eigenvalue weighted by Gasteiger charge is -2.29. The van der Waals surface area contributed by atoms with Crippen LogP contribution in [0.4, 0.5) is 0 Å². The van der Waals surface area contributed by atoms with Crippen LogP contribution in [0.1, 0.15) is 47.7 Å². The molecular formula is C17H30N4OS. The molecule has 5 nitrogen and oxygen atoms in total. The van der Waals surface area contributed by atoms with E-state index in [1.807, 2.05) is 7.05 Å². The number of aromatic nitrogens is 1. The van der Waals surface area contributed by atoms with E-state index in [9.17, 15) is 0 Å². The lowest BCUT2D eigenvalue weighted by molar-refractivity contribution is 0.138. The smallest absolute Gasteiger partial charge is 0.191 e. The molecule has 0 radical (unpaired) electrons. The van der Waals surface area contributed by atoms with E-state index in [1.165, 1.54) is 30.6 Å². The molecule has 2 N–H and O–H groups in total. The molecule has 2 rings (SSSR count). The average molecular weight is 339 g/mol. The minimum Gasteiger partial charge on any atom is -0.385 e. The summed E-state index contributed by atoms with van der Waals surface area (Å²) in [6, 6.07) is 0. The quantitative estimate of drug-likeness (QED) is 0.593. The molecule has 0 aromatic carbocycles. The minimum atomic E-state index is 0.363. The van der Waals surface area contributed by atoms with Crippen molar-refractivity contribution >= 4 is 17.3 Å². The molecule has 0 bridgehead atoms. The van der Waals surface area contributed by atoms with E-state index in [4.69, 9.17) is 4.74 Å². The predicted molar refractivity (Wildman–Crippen MR) is 97.2 cm³/mol. The van der Waals surface area contributed by atoms with Gasteiger partial charge in [0.1, 0.15) is 5.01 Å². The Kier molecular flexibility index (Phi) is 6.84. The molecule has 0 unspecified atom stereocenters. The van der Waals surface area contributed by atoms with Crippen LogP contribution in [0, 0.1) is 19.3 Å². The summed E-state index contributed by atoms with van der Waals surface area (Å²) in [6.45, 7) is 6.70. The van der Waals surface area contributed by atoms with Crippen LogP contribution >= 0.6 is 11.3 Å². The third kappa shape index (κ3) is 5.18. The van der Waals surface area contributed by atoms with Crippen LogP contribution in [0.15, 0.2) is 4.99 Å². The lowest BCUT2D eigenvalue weighted by Crippen LogP contribution is -2.43. The molecule has 0 atom stereocenters. The van der Waals surface area contributed by atoms with E-state index in [0.717, 1.165) is 42.8 Å². The van der Waals surface area contributed by atoms with Crippen molar-refractivity contribution in [1.82, 2.24) is 15.6 Å². The molecule has 1 heterocycles. The summed E-state index contributed by atoms with van der Waals surface area (Å²) in [7, 11) is 3.61. The van der Waals surface area contributed by atoms with Crippen LogP contribution in [0.2, 0.25) is 0 Å². The van der Waals surface area contributed by atoms with Crippen molar-refractivity contribution in [3.05, 3.63) is 15.6 Å². The molecule has 0 amide bonds. The Morgan fingerprint density at radius 3 is 2.61 bits per heavy atom. The fourth-order valence-electron chi connectivity index (χ4n) is 3.22. The fourth-order valence-corrected chi connectivity index (χ4v) is 4.10. The Morgan fingerprint density at radius 1 is 1.30 bits per heavy atom. The third-order valence-electron chi connectivity index (χ3n) is 4.84. The van der Waals surface area contributed by atoms with Crippen LogP contribution in [-0.2, 0) is 11.3 Å². The molecule has 0 spiro atoms. The first-order chi connectivity index (χ1) is 11.1. The van der Waals surface area contributed by atoms with E-state index >= 15 is 0 Å². The predicted octanol–water partition coefficient (Wildman–Crippen LogP) is 3.02. The van der Waals surface area contributed by atoms with Gasteiger partial charge in [-0.25, -0.2) is 4.98 Å². The topological polar surface area (TPSA) is 58.5 Å². The van der Waals surface area contributed by atoms with Gasteiger partial charge in [0.2, 0.25) is 0 Å². The number of methoxy groups -OCH3 is 1. The van der Waals surface area contributed by atoms with Gasteiger partial charge < -0.3 is 15.4 Å². The van der Waals surface area contributed by atoms with Crippen molar-refractivity contribution in [2.75, 3.05) is 27.3 Å². The van der Waals surface area contributed by atoms with E-state index in [-0.39, 0.29) is 0 Å². The Hall–Kier alpha value is -1.14. The summed E-state index contributed by atoms with van der Waals surface area (Å²) in [5.74, 6) is 0.860. The van der Waals surface area contributed by atoms with E-state index in [0.29, 0.717) is 5.41 Å². The zero-order valence-electron chi connectivity index (χ0n) is 14.9. The van der Waals surface area contributed by atoms with Gasteiger partial charge in [-0.2, -0.15) is 0 Å². The van der Waals surface area contributed by atoms with Crippen LogP contribution < -0.4 is 10.6 Å². The Morgan fingerprint density at radius 2 is 2.04 bits per heavy atom. The van der Waals surface area contributed by atoms with Crippen molar-refractivity contribution in [3.63, 3.8) is 0 Å². The van der Waals surface area contributed by atoms with Crippen molar-refractivity contribution in [1.29, 1.82) is 0 Å². The molecule has 1 saturated carbocycles. The molecule has 1 fully saturated rings. The Bertz CT molecular complexity index is 501. The van der Waals surface area contributed by atoms with Crippen LogP contribution in [-0.4, -0.2) is 38.3 Å². The summed E-state index contributed by atoms with van der Waals surface area (Å²) in [5.41, 5.74) is 1.49. The van der Waals surface area contributed by atoms with Crippen molar-refractivity contribution in [2.45, 2.75) is 52.5 Å². The maximum Gasteiger partial charge on any atom is 0.191 e. The highest BCUT2D eigenvalue weighted by atomic mass is 32.1. The minimum absolute atomic E-state index is 0.363. The van der Waals surface area contributed by atoms with Crippen LogP contribution in [0.5, 0.6) is 0 Å². The monoisotopic (exact) mass is 338 g/mol. The first-order valence-corrected chi connectivity index (χ1v) is 9.26. The molecule has 6 heteroatoms. The van der Waals surface area contributed by atoms with Gasteiger partial charge in [-0.05, 0) is 38.5 Å². The number of aliphatic imine (C=N–C) groups is 1. The highest BCUT2D eigenvalue weighted by Gasteiger charge is 2.33. The number of ether oxygens (including phenoxy) is 1. The number of aryl methyl sites for hydroxylation is 2. The molecule has 1 aliphatic carbocycles. The number of rotatable bonds is 7. The number of nitrogens with one attached hydrogen (secondary N) is 2. The Labute approximate surface area is 144 Å². The number of hydrogen-bond donors (Lipinski definition) is 2. The highest BCUT2D eigenvalue weighted by Crippen LogP contribution is 2.40. The number of thiazole rings is 1. The largest absolute Gasteiger partial charge is 0.385 e. The summed E-state index contributed by atoms with van der Waals surface area (Å²) < 4.78 is 5.30. The number of nitrogens with zero attached hydrogens (tertiary/aromatic N) is 2. The second-order valence-electron chi connectivity index (χ2n) is 6.48. The van der Waals surface area contributed by atoms with Gasteiger partial charge in [0.15, 0.2) is 5.96 Å². The van der Waals surface area contributed by atoms with Crippen molar-refractivity contribution < 1.29 is 4.74 Å². The maximum atomic E-state index is 5.30. The first kappa shape index (κ1) is 18.2. The standard InChI is InChI=1S/C17H30N4OS/c1-13-14(2)23-15(21-13)11-19-16(18-3)20-12-17(9-10-22-4)7-5-6-8-17/h5-12H2,1-4H3,(H2,18,19,20). The van der Waals surface area contributed by atoms with Gasteiger partial charge in [0.25, 0.3) is 0 Å². The van der Waals surface area contributed by atoms with E-state index in [2.05, 4.69) is 34.5 Å². The van der Waals surface area contributed by atoms with Gasteiger partial charge in [-0.15, -0.1) is 11.3 Å². The van der Waals surface area contributed by atoms with Gasteiger partial charge in [0.05, 0.1) is 12.2 Å². The normalized spacial score (nSPS) is 17.5. The number of hydrogen-bond acceptors (Lipinski definition) is 4. The van der Waals surface area contributed by atoms with Crippen molar-refractivity contribution in [2.24, 2.45) is 10.4 Å². The lowest BCUT2D eigenvalue weighted by atomic mass is 9.83. The van der Waals surface area contributed by atoms with E-state index < -0.39 is 0 Å². The molecular weight excluding hydrogens is 308 g/mol. The Balaban J connectivity index is 1.84. The molecule has 1 aromatic heterocycles. The summed E-state index contributed by atoms with van der Waals surface area (Å²) in [5, 5.41) is 8.00. The van der Waals surface area contributed by atoms with E-state index in [1.54, 1.807) is 18.4 Å². The van der Waals surface area contributed by atoms with Crippen LogP contribution in [0.25, 0.3) is 0 Å². The van der Waals surface area contributed by atoms with Gasteiger partial charge >= 0.3 is 0 Å². The fraction of sp³-hybridized carbons (Fsp3) is 0.765. The highest BCUT2D eigenvalue weighted by molar-refractivity contribution is 7.11. The van der Waals surface area contributed by atoms with Gasteiger partial charge in [-0.1, -0.05) is 12.8 Å². The zero-order valence-corrected chi connectivity index (χ0v) is 15.7. The molecule has 0 saturated heterocycles. The summed E-state index contributed by atoms with van der Waals surface area (Å²) in [6.07, 6.45) is 6.35. The molecule has 23 heavy (non-hydrogen) atoms.